The molecule has 1 atom stereocenters. The Balaban J connectivity index is 1.59. The van der Waals surface area contributed by atoms with E-state index >= 15 is 0 Å². The highest BCUT2D eigenvalue weighted by atomic mass is 35.5. The quantitative estimate of drug-likeness (QED) is 0.465. The highest BCUT2D eigenvalue weighted by molar-refractivity contribution is 8.00. The number of nitrogens with zero attached hydrogens (tertiary/aromatic N) is 4. The average Bonchev–Trinajstić information content (AvgIpc) is 3.20. The summed E-state index contributed by atoms with van der Waals surface area (Å²) >= 11 is 14.6. The molecule has 3 aromatic rings. The molecule has 164 valence electrons. The van der Waals surface area contributed by atoms with E-state index in [-0.39, 0.29) is 18.2 Å². The fraction of sp³-hybridized carbons (Fsp3) is 0.316. The van der Waals surface area contributed by atoms with Gasteiger partial charge in [-0.25, -0.2) is 4.98 Å². The van der Waals surface area contributed by atoms with Crippen molar-refractivity contribution < 1.29 is 9.59 Å². The molecule has 2 N–H and O–H groups in total. The lowest BCUT2D eigenvalue weighted by atomic mass is 10.3. The first-order valence-corrected chi connectivity index (χ1v) is 11.6. The number of halogens is 2. The molecule has 0 bridgehead atoms. The molecular weight excluding hydrogens is 479 g/mol. The van der Waals surface area contributed by atoms with Crippen LogP contribution in [0, 0.1) is 13.8 Å². The number of anilines is 2. The molecular formula is C19H20Cl2N6O2S2. The maximum Gasteiger partial charge on any atom is 0.239 e. The summed E-state index contributed by atoms with van der Waals surface area (Å²) in [5, 5.41) is 15.2. The monoisotopic (exact) mass is 498 g/mol. The van der Waals surface area contributed by atoms with E-state index in [1.165, 1.54) is 23.1 Å². The van der Waals surface area contributed by atoms with Crippen LogP contribution in [0.3, 0.4) is 0 Å². The fourth-order valence-corrected chi connectivity index (χ4v) is 4.42. The molecule has 0 spiro atoms. The van der Waals surface area contributed by atoms with Gasteiger partial charge in [0.2, 0.25) is 11.8 Å². The largest absolute Gasteiger partial charge is 0.326 e. The van der Waals surface area contributed by atoms with E-state index in [2.05, 4.69) is 25.8 Å². The number of carbonyl (C=O) groups is 2. The van der Waals surface area contributed by atoms with Crippen LogP contribution in [-0.2, 0) is 23.1 Å². The maximum atomic E-state index is 12.5. The Kier molecular flexibility index (Phi) is 7.58. The lowest BCUT2D eigenvalue weighted by molar-refractivity contribution is -0.116. The van der Waals surface area contributed by atoms with Crippen molar-refractivity contribution in [1.29, 1.82) is 0 Å². The summed E-state index contributed by atoms with van der Waals surface area (Å²) in [6.07, 6.45) is 0.0164. The maximum absolute atomic E-state index is 12.5. The van der Waals surface area contributed by atoms with Gasteiger partial charge in [-0.05, 0) is 39.0 Å². The molecule has 0 aliphatic rings. The highest BCUT2D eigenvalue weighted by Gasteiger charge is 2.21. The third kappa shape index (κ3) is 5.97. The third-order valence-electron chi connectivity index (χ3n) is 4.36. The molecule has 2 aromatic heterocycles. The van der Waals surface area contributed by atoms with Crippen molar-refractivity contribution in [3.05, 3.63) is 44.6 Å². The molecule has 8 nitrogen and oxygen atoms in total. The van der Waals surface area contributed by atoms with Gasteiger partial charge in [0.15, 0.2) is 10.3 Å². The summed E-state index contributed by atoms with van der Waals surface area (Å²) in [4.78, 5) is 30.2. The Hall–Kier alpha value is -2.14. The average molecular weight is 499 g/mol. The van der Waals surface area contributed by atoms with Gasteiger partial charge in [-0.1, -0.05) is 35.0 Å². The zero-order valence-corrected chi connectivity index (χ0v) is 20.3. The van der Waals surface area contributed by atoms with Gasteiger partial charge in [0.25, 0.3) is 0 Å². The van der Waals surface area contributed by atoms with Crippen LogP contribution in [0.15, 0.2) is 23.4 Å². The second kappa shape index (κ2) is 9.99. The van der Waals surface area contributed by atoms with Gasteiger partial charge in [-0.2, -0.15) is 0 Å². The minimum atomic E-state index is -0.426. The van der Waals surface area contributed by atoms with Crippen LogP contribution in [-0.4, -0.2) is 36.8 Å². The van der Waals surface area contributed by atoms with E-state index in [1.54, 1.807) is 36.7 Å². The van der Waals surface area contributed by atoms with E-state index in [9.17, 15) is 9.59 Å². The molecule has 2 amide bonds. The molecule has 0 radical (unpaired) electrons. The second-order valence-corrected chi connectivity index (χ2v) is 10.0. The smallest absolute Gasteiger partial charge is 0.239 e. The van der Waals surface area contributed by atoms with Gasteiger partial charge in [0.1, 0.15) is 5.82 Å². The topological polar surface area (TPSA) is 102 Å². The van der Waals surface area contributed by atoms with Crippen molar-refractivity contribution in [2.24, 2.45) is 7.05 Å². The van der Waals surface area contributed by atoms with Crippen molar-refractivity contribution in [1.82, 2.24) is 19.7 Å². The number of rotatable bonds is 7. The van der Waals surface area contributed by atoms with Crippen molar-refractivity contribution in [3.8, 4) is 0 Å². The normalized spacial score (nSPS) is 11.9. The van der Waals surface area contributed by atoms with Gasteiger partial charge < -0.3 is 15.2 Å². The number of hydrogen-bond donors (Lipinski definition) is 2. The van der Waals surface area contributed by atoms with Gasteiger partial charge in [0, 0.05) is 17.6 Å². The Labute approximate surface area is 197 Å². The summed E-state index contributed by atoms with van der Waals surface area (Å²) in [6.45, 7) is 5.64. The van der Waals surface area contributed by atoms with Crippen molar-refractivity contribution in [3.63, 3.8) is 0 Å². The van der Waals surface area contributed by atoms with Gasteiger partial charge in [-0.3, -0.25) is 9.59 Å². The molecule has 12 heteroatoms. The summed E-state index contributed by atoms with van der Waals surface area (Å²) in [6, 6.07) is 4.85. The Morgan fingerprint density at radius 3 is 2.58 bits per heavy atom. The summed E-state index contributed by atoms with van der Waals surface area (Å²) in [5.74, 6) is 0.0187. The van der Waals surface area contributed by atoms with E-state index in [0.29, 0.717) is 31.8 Å². The van der Waals surface area contributed by atoms with Crippen molar-refractivity contribution in [2.45, 2.75) is 37.6 Å². The molecule has 0 saturated carbocycles. The molecule has 0 fully saturated rings. The number of aromatic nitrogens is 4. The van der Waals surface area contributed by atoms with E-state index in [1.807, 2.05) is 13.8 Å². The minimum Gasteiger partial charge on any atom is -0.326 e. The molecule has 0 saturated heterocycles. The van der Waals surface area contributed by atoms with Crippen LogP contribution in [0.5, 0.6) is 0 Å². The van der Waals surface area contributed by atoms with Crippen LogP contribution < -0.4 is 10.6 Å². The Bertz CT molecular complexity index is 1110. The van der Waals surface area contributed by atoms with E-state index in [0.717, 1.165) is 10.6 Å². The zero-order chi connectivity index (χ0) is 22.7. The molecule has 2 heterocycles. The first-order valence-electron chi connectivity index (χ1n) is 9.18. The van der Waals surface area contributed by atoms with Gasteiger partial charge in [-0.15, -0.1) is 21.5 Å². The molecule has 3 rings (SSSR count). The van der Waals surface area contributed by atoms with Crippen LogP contribution in [0.25, 0.3) is 0 Å². The predicted octanol–water partition coefficient (Wildman–Crippen LogP) is 4.50. The van der Waals surface area contributed by atoms with E-state index < -0.39 is 5.25 Å². The Morgan fingerprint density at radius 2 is 1.94 bits per heavy atom. The lowest BCUT2D eigenvalue weighted by Crippen LogP contribution is -2.23. The number of aryl methyl sites for hydroxylation is 2. The van der Waals surface area contributed by atoms with E-state index in [4.69, 9.17) is 23.2 Å². The predicted molar refractivity (Wildman–Crippen MR) is 125 cm³/mol. The molecule has 31 heavy (non-hydrogen) atoms. The van der Waals surface area contributed by atoms with Crippen LogP contribution in [0.1, 0.15) is 23.3 Å². The lowest BCUT2D eigenvalue weighted by Gasteiger charge is -2.10. The molecule has 0 aliphatic heterocycles. The van der Waals surface area contributed by atoms with Gasteiger partial charge >= 0.3 is 0 Å². The summed E-state index contributed by atoms with van der Waals surface area (Å²) < 4.78 is 1.69. The second-order valence-electron chi connectivity index (χ2n) is 6.72. The summed E-state index contributed by atoms with van der Waals surface area (Å²) in [5.41, 5.74) is 1.44. The first kappa shape index (κ1) is 23.5. The standard InChI is InChI=1S/C19H20Cl2N6O2S2/c1-9-10(2)30-18(22-9)24-17(29)11(3)31-19-26-25-15(27(19)4)8-16(28)23-12-5-6-13(20)14(21)7-12/h5-7,11H,8H2,1-4H3,(H,23,28)(H,22,24,29)/t11-/m1/s1. The number of amides is 2. The van der Waals surface area contributed by atoms with Crippen LogP contribution in [0.4, 0.5) is 10.8 Å². The number of benzene rings is 1. The number of hydrogen-bond acceptors (Lipinski definition) is 7. The summed E-state index contributed by atoms with van der Waals surface area (Å²) in [7, 11) is 1.75. The molecule has 0 aliphatic carbocycles. The minimum absolute atomic E-state index is 0.0164. The number of thioether (sulfide) groups is 1. The van der Waals surface area contributed by atoms with Crippen molar-refractivity contribution in [2.75, 3.05) is 10.6 Å². The number of nitrogens with one attached hydrogen (secondary N) is 2. The van der Waals surface area contributed by atoms with Crippen LogP contribution >= 0.6 is 46.3 Å². The zero-order valence-electron chi connectivity index (χ0n) is 17.2. The molecule has 1 aromatic carbocycles. The highest BCUT2D eigenvalue weighted by Crippen LogP contribution is 2.26. The first-order chi connectivity index (χ1) is 14.6. The van der Waals surface area contributed by atoms with Crippen molar-refractivity contribution >= 4 is 68.9 Å². The van der Waals surface area contributed by atoms with Gasteiger partial charge in [0.05, 0.1) is 27.4 Å². The number of thiazole rings is 1. The molecule has 0 unspecified atom stereocenters. The van der Waals surface area contributed by atoms with Crippen LogP contribution in [0.2, 0.25) is 10.0 Å². The number of carbonyl (C=O) groups excluding carboxylic acids is 2. The SMILES string of the molecule is Cc1nc(NC(=O)[C@@H](C)Sc2nnc(CC(=O)Nc3ccc(Cl)c(Cl)c3)n2C)sc1C. The third-order valence-corrected chi connectivity index (χ3v) is 7.22. The fourth-order valence-electron chi connectivity index (χ4n) is 2.47. The Morgan fingerprint density at radius 1 is 1.19 bits per heavy atom.